The van der Waals surface area contributed by atoms with E-state index in [9.17, 15) is 4.79 Å². The molecule has 0 radical (unpaired) electrons. The van der Waals surface area contributed by atoms with Gasteiger partial charge in [0.1, 0.15) is 11.6 Å². The van der Waals surface area contributed by atoms with Crippen LogP contribution in [0.5, 0.6) is 0 Å². The van der Waals surface area contributed by atoms with Gasteiger partial charge < -0.3 is 5.32 Å². The van der Waals surface area contributed by atoms with E-state index in [2.05, 4.69) is 5.32 Å². The number of nitriles is 1. The van der Waals surface area contributed by atoms with Crippen molar-refractivity contribution in [3.63, 3.8) is 0 Å². The molecule has 0 aliphatic heterocycles. The summed E-state index contributed by atoms with van der Waals surface area (Å²) in [5.74, 6) is 0.695. The Bertz CT molecular complexity index is 240. The summed E-state index contributed by atoms with van der Waals surface area (Å²) < 4.78 is 0. The number of thioether (sulfide) groups is 1. The molecule has 66 valence electrons. The van der Waals surface area contributed by atoms with E-state index in [-0.39, 0.29) is 10.7 Å². The summed E-state index contributed by atoms with van der Waals surface area (Å²) in [6.07, 6.45) is 0. The number of carbonyl (C=O) groups excluding carboxylic acids is 1. The first kappa shape index (κ1) is 11.1. The molecule has 0 rings (SSSR count). The average molecular weight is 184 g/mol. The zero-order valence-corrected chi connectivity index (χ0v) is 8.29. The lowest BCUT2D eigenvalue weighted by Gasteiger charge is -2.01. The first-order valence-corrected chi connectivity index (χ1v) is 4.61. The minimum absolute atomic E-state index is 0.160. The zero-order chi connectivity index (χ0) is 9.56. The van der Waals surface area contributed by atoms with Crippen LogP contribution in [0.2, 0.25) is 0 Å². The van der Waals surface area contributed by atoms with Crippen molar-refractivity contribution in [1.82, 2.24) is 5.32 Å². The third-order valence-electron chi connectivity index (χ3n) is 1.34. The molecule has 4 heteroatoms. The summed E-state index contributed by atoms with van der Waals surface area (Å²) >= 11 is 1.15. The molecule has 12 heavy (non-hydrogen) atoms. The van der Waals surface area contributed by atoms with Crippen molar-refractivity contribution in [3.05, 3.63) is 11.3 Å². The van der Waals surface area contributed by atoms with Crippen LogP contribution in [0.4, 0.5) is 0 Å². The lowest BCUT2D eigenvalue weighted by molar-refractivity contribution is -0.107. The van der Waals surface area contributed by atoms with Crippen molar-refractivity contribution in [2.24, 2.45) is 0 Å². The molecule has 0 amide bonds. The van der Waals surface area contributed by atoms with Gasteiger partial charge in [0.25, 0.3) is 0 Å². The molecule has 0 aliphatic carbocycles. The van der Waals surface area contributed by atoms with Crippen molar-refractivity contribution < 1.29 is 4.79 Å². The summed E-state index contributed by atoms with van der Waals surface area (Å²) in [4.78, 5) is 11.2. The maximum atomic E-state index is 11.2. The molecule has 1 N–H and O–H groups in total. The van der Waals surface area contributed by atoms with Crippen molar-refractivity contribution in [2.45, 2.75) is 13.8 Å². The van der Waals surface area contributed by atoms with E-state index in [1.807, 2.05) is 13.0 Å². The molecule has 0 aromatic rings. The lowest BCUT2D eigenvalue weighted by atomic mass is 10.2. The monoisotopic (exact) mass is 184 g/mol. The predicted octanol–water partition coefficient (Wildman–Crippen LogP) is 1.28. The van der Waals surface area contributed by atoms with Gasteiger partial charge in [-0.3, -0.25) is 4.79 Å². The predicted molar refractivity (Wildman–Crippen MR) is 50.5 cm³/mol. The molecule has 0 fully saturated rings. The van der Waals surface area contributed by atoms with Crippen molar-refractivity contribution in [2.75, 3.05) is 12.8 Å². The highest BCUT2D eigenvalue weighted by Crippen LogP contribution is 2.11. The summed E-state index contributed by atoms with van der Waals surface area (Å²) in [6, 6.07) is 1.88. The quantitative estimate of drug-likeness (QED) is 0.530. The van der Waals surface area contributed by atoms with E-state index >= 15 is 0 Å². The zero-order valence-electron chi connectivity index (χ0n) is 7.47. The molecule has 0 unspecified atom stereocenters. The second-order valence-electron chi connectivity index (χ2n) is 2.08. The number of rotatable bonds is 3. The van der Waals surface area contributed by atoms with Gasteiger partial charge in [-0.15, -0.1) is 0 Å². The molecule has 3 nitrogen and oxygen atoms in total. The van der Waals surface area contributed by atoms with Crippen LogP contribution in [-0.4, -0.2) is 17.9 Å². The molecule has 0 aromatic heterocycles. The number of hydrogen-bond donors (Lipinski definition) is 1. The Morgan fingerprint density at radius 1 is 1.67 bits per heavy atom. The van der Waals surface area contributed by atoms with Crippen LogP contribution in [0.3, 0.4) is 0 Å². The number of nitrogens with one attached hydrogen (secondary N) is 1. The van der Waals surface area contributed by atoms with Gasteiger partial charge in [0.05, 0.1) is 0 Å². The molecular weight excluding hydrogens is 172 g/mol. The van der Waals surface area contributed by atoms with Gasteiger partial charge in [0.15, 0.2) is 0 Å². The first-order chi connectivity index (χ1) is 5.67. The van der Waals surface area contributed by atoms with Gasteiger partial charge in [-0.2, -0.15) is 5.26 Å². The van der Waals surface area contributed by atoms with Crippen LogP contribution in [0, 0.1) is 11.3 Å². The van der Waals surface area contributed by atoms with E-state index in [1.54, 1.807) is 14.0 Å². The topological polar surface area (TPSA) is 52.9 Å². The first-order valence-electron chi connectivity index (χ1n) is 3.63. The minimum Gasteiger partial charge on any atom is -0.390 e. The van der Waals surface area contributed by atoms with E-state index in [1.165, 1.54) is 0 Å². The summed E-state index contributed by atoms with van der Waals surface area (Å²) in [7, 11) is 1.69. The highest BCUT2D eigenvalue weighted by Gasteiger charge is 2.10. The number of nitrogens with zero attached hydrogens (tertiary/aromatic N) is 1. The Labute approximate surface area is 76.8 Å². The Balaban J connectivity index is 4.59. The SMILES string of the molecule is CCSC(=O)C(C#N)=C(C)NC. The maximum Gasteiger partial charge on any atom is 0.231 e. The lowest BCUT2D eigenvalue weighted by Crippen LogP contribution is -2.09. The smallest absolute Gasteiger partial charge is 0.231 e. The van der Waals surface area contributed by atoms with Gasteiger partial charge in [-0.25, -0.2) is 0 Å². The number of allylic oxidation sites excluding steroid dienone is 1. The van der Waals surface area contributed by atoms with Gasteiger partial charge in [-0.05, 0) is 12.7 Å². The van der Waals surface area contributed by atoms with Crippen LogP contribution < -0.4 is 5.32 Å². The Kier molecular flexibility index (Phi) is 5.22. The fourth-order valence-corrected chi connectivity index (χ4v) is 1.22. The maximum absolute atomic E-state index is 11.2. The largest absolute Gasteiger partial charge is 0.390 e. The summed E-state index contributed by atoms with van der Waals surface area (Å²) in [5.41, 5.74) is 0.841. The van der Waals surface area contributed by atoms with Crippen LogP contribution in [0.15, 0.2) is 11.3 Å². The third kappa shape index (κ3) is 2.97. The van der Waals surface area contributed by atoms with E-state index in [0.29, 0.717) is 11.4 Å². The van der Waals surface area contributed by atoms with Crippen molar-refractivity contribution in [1.29, 1.82) is 5.26 Å². The van der Waals surface area contributed by atoms with Crippen molar-refractivity contribution >= 4 is 16.9 Å². The highest BCUT2D eigenvalue weighted by atomic mass is 32.2. The van der Waals surface area contributed by atoms with Gasteiger partial charge in [-0.1, -0.05) is 18.7 Å². The standard InChI is InChI=1S/C8H12N2OS/c1-4-12-8(11)7(5-9)6(2)10-3/h10H,4H2,1-3H3. The summed E-state index contributed by atoms with van der Waals surface area (Å²) in [6.45, 7) is 3.60. The third-order valence-corrected chi connectivity index (χ3v) is 2.10. The van der Waals surface area contributed by atoms with Crippen LogP contribution >= 0.6 is 11.8 Å². The van der Waals surface area contributed by atoms with Gasteiger partial charge in [0, 0.05) is 12.7 Å². The minimum atomic E-state index is -0.160. The Hall–Kier alpha value is -0.950. The molecule has 0 saturated carbocycles. The molecule has 0 spiro atoms. The molecule has 0 aromatic carbocycles. The van der Waals surface area contributed by atoms with E-state index in [0.717, 1.165) is 11.8 Å². The van der Waals surface area contributed by atoms with E-state index < -0.39 is 0 Å². The van der Waals surface area contributed by atoms with Crippen LogP contribution in [-0.2, 0) is 4.79 Å². The molecule has 0 aliphatic rings. The molecule has 0 saturated heterocycles. The van der Waals surface area contributed by atoms with E-state index in [4.69, 9.17) is 5.26 Å². The van der Waals surface area contributed by atoms with Crippen LogP contribution in [0.1, 0.15) is 13.8 Å². The Morgan fingerprint density at radius 2 is 2.25 bits per heavy atom. The number of hydrogen-bond acceptors (Lipinski definition) is 4. The highest BCUT2D eigenvalue weighted by molar-refractivity contribution is 8.14. The molecule has 0 bridgehead atoms. The van der Waals surface area contributed by atoms with Gasteiger partial charge in [0.2, 0.25) is 5.12 Å². The van der Waals surface area contributed by atoms with Gasteiger partial charge >= 0.3 is 0 Å². The number of carbonyl (C=O) groups is 1. The fourth-order valence-electron chi connectivity index (χ4n) is 0.611. The molecule has 0 atom stereocenters. The second-order valence-corrected chi connectivity index (χ2v) is 3.32. The summed E-state index contributed by atoms with van der Waals surface area (Å²) in [5, 5.41) is 11.3. The Morgan fingerprint density at radius 3 is 2.58 bits per heavy atom. The second kappa shape index (κ2) is 5.67. The van der Waals surface area contributed by atoms with Crippen molar-refractivity contribution in [3.8, 4) is 6.07 Å². The average Bonchev–Trinajstić information content (AvgIpc) is 2.06. The normalized spacial score (nSPS) is 11.5. The molecule has 0 heterocycles. The molecular formula is C8H12N2OS. The van der Waals surface area contributed by atoms with Crippen LogP contribution in [0.25, 0.3) is 0 Å². The fraction of sp³-hybridized carbons (Fsp3) is 0.500.